The number of nitrogens with zero attached hydrogens (tertiary/aromatic N) is 6. The fourth-order valence-electron chi connectivity index (χ4n) is 12.3. The van der Waals surface area contributed by atoms with E-state index in [4.69, 9.17) is 27.5 Å². The molecular weight excluding hydrogens is 1010 g/mol. The van der Waals surface area contributed by atoms with Crippen molar-refractivity contribution in [3.8, 4) is 51.8 Å². The summed E-state index contributed by atoms with van der Waals surface area (Å²) in [6.45, 7) is 19.0. The second kappa shape index (κ2) is 21.7. The molecule has 0 radical (unpaired) electrons. The van der Waals surface area contributed by atoms with Gasteiger partial charge in [0.05, 0.1) is 43.9 Å². The molecule has 0 saturated carbocycles. The molecule has 6 aromatic heterocycles. The highest BCUT2D eigenvalue weighted by molar-refractivity contribution is 7.26. The van der Waals surface area contributed by atoms with Crippen LogP contribution in [0, 0.1) is 11.8 Å². The molecule has 0 saturated heterocycles. The van der Waals surface area contributed by atoms with Crippen LogP contribution in [0.3, 0.4) is 0 Å². The number of hydrogen-bond acceptors (Lipinski definition) is 12. The van der Waals surface area contributed by atoms with Crippen molar-refractivity contribution >= 4 is 111 Å². The molecule has 0 spiro atoms. The normalized spacial score (nSPS) is 16.3. The summed E-state index contributed by atoms with van der Waals surface area (Å²) < 4.78 is 23.1. The Bertz CT molecular complexity index is 3250. The number of thiophene rings is 2. The summed E-state index contributed by atoms with van der Waals surface area (Å²) in [6, 6.07) is 27.4. The molecule has 10 aromatic rings. The first-order valence-corrected chi connectivity index (χ1v) is 32.0. The third kappa shape index (κ3) is 9.25. The Morgan fingerprint density at radius 2 is 0.904 bits per heavy atom. The van der Waals surface area contributed by atoms with Gasteiger partial charge in [0.1, 0.15) is 32.1 Å². The summed E-state index contributed by atoms with van der Waals surface area (Å²) in [6.07, 6.45) is 16.7. The van der Waals surface area contributed by atoms with E-state index in [1.54, 1.807) is 33.8 Å². The second-order valence-corrected chi connectivity index (χ2v) is 26.3. The monoisotopic (exact) mass is 1080 g/mol. The average molecular weight is 1080 g/mol. The Morgan fingerprint density at radius 3 is 1.30 bits per heavy atom. The van der Waals surface area contributed by atoms with Gasteiger partial charge in [0.15, 0.2) is 0 Å². The first-order chi connectivity index (χ1) is 35.7. The van der Waals surface area contributed by atoms with E-state index in [-0.39, 0.29) is 5.41 Å². The van der Waals surface area contributed by atoms with Crippen LogP contribution in [0.15, 0.2) is 72.8 Å². The lowest BCUT2D eigenvalue weighted by Gasteiger charge is -2.37. The van der Waals surface area contributed by atoms with Gasteiger partial charge in [0, 0.05) is 47.2 Å². The van der Waals surface area contributed by atoms with E-state index < -0.39 is 0 Å². The maximum atomic E-state index is 5.26. The molecule has 0 amide bonds. The maximum absolute atomic E-state index is 5.26. The Morgan fingerprint density at radius 1 is 0.479 bits per heavy atom. The van der Waals surface area contributed by atoms with Crippen LogP contribution in [-0.2, 0) is 5.41 Å². The van der Waals surface area contributed by atoms with E-state index in [1.165, 1.54) is 150 Å². The highest BCUT2D eigenvalue weighted by Crippen LogP contribution is 2.64. The van der Waals surface area contributed by atoms with E-state index in [9.17, 15) is 0 Å². The van der Waals surface area contributed by atoms with E-state index in [0.29, 0.717) is 23.7 Å². The third-order valence-corrected chi connectivity index (χ3v) is 21.9. The van der Waals surface area contributed by atoms with Crippen molar-refractivity contribution in [1.29, 1.82) is 0 Å². The summed E-state index contributed by atoms with van der Waals surface area (Å²) in [5.41, 5.74) is 16.6. The number of rotatable bonds is 22. The Hall–Kier alpha value is -4.30. The van der Waals surface area contributed by atoms with Crippen molar-refractivity contribution in [3.05, 3.63) is 95.1 Å². The molecule has 12 heteroatoms. The fourth-order valence-corrected chi connectivity index (χ4v) is 18.2. The fraction of sp³-hybridized carbons (Fsp3) is 0.443. The number of thiazole rings is 2. The van der Waals surface area contributed by atoms with E-state index in [1.807, 2.05) is 22.7 Å². The minimum Gasteiger partial charge on any atom is -0.236 e. The van der Waals surface area contributed by atoms with Crippen LogP contribution in [0.4, 0.5) is 0 Å². The van der Waals surface area contributed by atoms with Crippen LogP contribution in [-0.4, -0.2) is 27.5 Å². The predicted molar refractivity (Wildman–Crippen MR) is 321 cm³/mol. The molecule has 4 aromatic carbocycles. The largest absolute Gasteiger partial charge is 0.236 e. The zero-order valence-electron chi connectivity index (χ0n) is 43.8. The topological polar surface area (TPSA) is 77.3 Å². The van der Waals surface area contributed by atoms with Crippen LogP contribution in [0.5, 0.6) is 0 Å². The van der Waals surface area contributed by atoms with Gasteiger partial charge >= 0.3 is 0 Å². The van der Waals surface area contributed by atoms with E-state index in [0.717, 1.165) is 68.8 Å². The molecule has 0 bridgehead atoms. The van der Waals surface area contributed by atoms with Crippen molar-refractivity contribution < 1.29 is 0 Å². The molecule has 378 valence electrons. The van der Waals surface area contributed by atoms with Gasteiger partial charge in [-0.25, -0.2) is 9.97 Å². The molecule has 11 rings (SSSR count). The standard InChI is InChI=1S/C61H68N6S6/c1-9-15-23-37(13-5)33-61(34-38(14-6)24-16-10-2)43-31-49(41-29-39(35(7)21-11-3)51(55-53(41)64-72-66-55)59-62-45-25-17-19-27-47(45)70-59)68-57(43)58-44(61)32-50(69-58)42-30-40(36(8)22-12-4)52(56-54(42)65-73-67-56)60-63-46-26-18-20-28-48(46)71-60/h17-20,25-32,35-38H,9-16,21-24,33-34H2,1-8H3. The number of fused-ring (bicyclic) bond motifs is 7. The Kier molecular flexibility index (Phi) is 15.1. The molecule has 1 aliphatic rings. The summed E-state index contributed by atoms with van der Waals surface area (Å²) in [4.78, 5) is 16.1. The third-order valence-electron chi connectivity index (χ3n) is 16.3. The van der Waals surface area contributed by atoms with Crippen LogP contribution >= 0.6 is 68.8 Å². The van der Waals surface area contributed by atoms with Crippen LogP contribution in [0.2, 0.25) is 0 Å². The molecule has 4 unspecified atom stereocenters. The molecule has 0 N–H and O–H groups in total. The van der Waals surface area contributed by atoms with Crippen molar-refractivity contribution in [2.24, 2.45) is 11.8 Å². The van der Waals surface area contributed by atoms with Gasteiger partial charge in [-0.3, -0.25) is 0 Å². The molecule has 4 atom stereocenters. The first-order valence-electron chi connectivity index (χ1n) is 27.3. The lowest BCUT2D eigenvalue weighted by atomic mass is 9.65. The molecule has 0 aliphatic heterocycles. The van der Waals surface area contributed by atoms with Gasteiger partial charge in [0.2, 0.25) is 0 Å². The van der Waals surface area contributed by atoms with Crippen LogP contribution in [0.25, 0.3) is 94.3 Å². The average Bonchev–Trinajstić information content (AvgIpc) is 4.28. The number of benzene rings is 4. The zero-order valence-corrected chi connectivity index (χ0v) is 48.7. The van der Waals surface area contributed by atoms with Crippen LogP contribution < -0.4 is 0 Å². The van der Waals surface area contributed by atoms with Gasteiger partial charge in [-0.15, -0.1) is 45.3 Å². The predicted octanol–water partition coefficient (Wildman–Crippen LogP) is 21.0. The lowest BCUT2D eigenvalue weighted by molar-refractivity contribution is 0.266. The van der Waals surface area contributed by atoms with Gasteiger partial charge in [-0.1, -0.05) is 144 Å². The zero-order chi connectivity index (χ0) is 50.4. The van der Waals surface area contributed by atoms with Crippen LogP contribution in [0.1, 0.15) is 179 Å². The van der Waals surface area contributed by atoms with Crippen molar-refractivity contribution in [2.45, 2.75) is 163 Å². The highest BCUT2D eigenvalue weighted by atomic mass is 32.1. The molecule has 1 aliphatic carbocycles. The summed E-state index contributed by atoms with van der Waals surface area (Å²) >= 11 is 10.3. The number of para-hydroxylation sites is 2. The van der Waals surface area contributed by atoms with Gasteiger partial charge in [-0.2, -0.15) is 17.5 Å². The molecular formula is C61H68N6S6. The van der Waals surface area contributed by atoms with Crippen molar-refractivity contribution in [1.82, 2.24) is 27.5 Å². The minimum absolute atomic E-state index is 0.117. The van der Waals surface area contributed by atoms with Gasteiger partial charge in [-0.05, 0) is 120 Å². The molecule has 73 heavy (non-hydrogen) atoms. The molecule has 0 fully saturated rings. The second-order valence-electron chi connectivity index (χ2n) is 21.1. The lowest BCUT2D eigenvalue weighted by Crippen LogP contribution is -2.31. The number of aromatic nitrogens is 6. The first kappa shape index (κ1) is 50.8. The smallest absolute Gasteiger partial charge is 0.127 e. The minimum atomic E-state index is -0.117. The molecule has 6 nitrogen and oxygen atoms in total. The SMILES string of the molecule is CCCCC(CC)CC1(CC(CC)CCCC)c2cc(-c3cc(C(C)CCC)c(-c4nc5ccccc5s4)c4nsnc34)sc2-c2sc(-c3cc(C(C)CCC)c(-c4nc5ccccc5s4)c4nsnc34)cc21. The number of unbranched alkanes of at least 4 members (excludes halogenated alkanes) is 2. The summed E-state index contributed by atoms with van der Waals surface area (Å²) in [5, 5.41) is 2.10. The van der Waals surface area contributed by atoms with Crippen molar-refractivity contribution in [3.63, 3.8) is 0 Å². The number of hydrogen-bond donors (Lipinski definition) is 0. The Balaban J connectivity index is 1.14. The summed E-state index contributed by atoms with van der Waals surface area (Å²) in [7, 11) is 0. The van der Waals surface area contributed by atoms with E-state index >= 15 is 0 Å². The summed E-state index contributed by atoms with van der Waals surface area (Å²) in [5.74, 6) is 1.93. The van der Waals surface area contributed by atoms with Gasteiger partial charge < -0.3 is 0 Å². The van der Waals surface area contributed by atoms with Crippen molar-refractivity contribution in [2.75, 3.05) is 0 Å². The molecule has 6 heterocycles. The Labute approximate surface area is 456 Å². The quantitative estimate of drug-likeness (QED) is 0.0673. The highest BCUT2D eigenvalue weighted by Gasteiger charge is 2.48. The van der Waals surface area contributed by atoms with Gasteiger partial charge in [0.25, 0.3) is 0 Å². The maximum Gasteiger partial charge on any atom is 0.127 e. The van der Waals surface area contributed by atoms with E-state index in [2.05, 4.69) is 128 Å².